The standard InChI is InChI=1S/C10H16/c1-4-6-9-8(3)10(9)7-5-2/h4,6,8H,5,7H2,1-3H3. The van der Waals surface area contributed by atoms with Crippen LogP contribution in [0.15, 0.2) is 23.3 Å². The van der Waals surface area contributed by atoms with E-state index in [4.69, 9.17) is 0 Å². The third-order valence-electron chi connectivity index (χ3n) is 2.14. The van der Waals surface area contributed by atoms with Crippen molar-refractivity contribution in [2.45, 2.75) is 33.6 Å². The van der Waals surface area contributed by atoms with Crippen molar-refractivity contribution in [2.24, 2.45) is 5.92 Å². The molecule has 0 saturated heterocycles. The topological polar surface area (TPSA) is 0 Å². The third-order valence-corrected chi connectivity index (χ3v) is 2.14. The summed E-state index contributed by atoms with van der Waals surface area (Å²) in [5.41, 5.74) is 3.27. The average molecular weight is 136 g/mol. The van der Waals surface area contributed by atoms with E-state index in [1.54, 1.807) is 11.1 Å². The molecule has 1 atom stereocenters. The monoisotopic (exact) mass is 136 g/mol. The predicted molar refractivity (Wildman–Crippen MR) is 45.9 cm³/mol. The lowest BCUT2D eigenvalue weighted by Gasteiger charge is -1.85. The van der Waals surface area contributed by atoms with Crippen LogP contribution in [0, 0.1) is 5.92 Å². The average Bonchev–Trinajstić information content (AvgIpc) is 2.48. The molecular weight excluding hydrogens is 120 g/mol. The highest BCUT2D eigenvalue weighted by Crippen LogP contribution is 2.42. The molecule has 0 N–H and O–H groups in total. The van der Waals surface area contributed by atoms with Gasteiger partial charge >= 0.3 is 0 Å². The van der Waals surface area contributed by atoms with Gasteiger partial charge in [0, 0.05) is 5.92 Å². The molecule has 0 aromatic carbocycles. The Balaban J connectivity index is 2.45. The second-order valence-corrected chi connectivity index (χ2v) is 2.95. The molecule has 1 rings (SSSR count). The van der Waals surface area contributed by atoms with E-state index in [1.807, 2.05) is 0 Å². The molecule has 0 nitrogen and oxygen atoms in total. The summed E-state index contributed by atoms with van der Waals surface area (Å²) >= 11 is 0. The zero-order chi connectivity index (χ0) is 7.56. The maximum Gasteiger partial charge on any atom is 0.00255 e. The van der Waals surface area contributed by atoms with E-state index in [2.05, 4.69) is 32.9 Å². The van der Waals surface area contributed by atoms with Crippen molar-refractivity contribution in [3.63, 3.8) is 0 Å². The van der Waals surface area contributed by atoms with E-state index in [1.165, 1.54) is 12.8 Å². The molecule has 1 aliphatic carbocycles. The Morgan fingerprint density at radius 3 is 2.70 bits per heavy atom. The van der Waals surface area contributed by atoms with Crippen molar-refractivity contribution in [3.05, 3.63) is 23.3 Å². The molecule has 1 unspecified atom stereocenters. The van der Waals surface area contributed by atoms with Crippen molar-refractivity contribution < 1.29 is 0 Å². The van der Waals surface area contributed by atoms with E-state index in [0.717, 1.165) is 5.92 Å². The SMILES string of the molecule is CC=CC1=C(CCC)C1C. The van der Waals surface area contributed by atoms with Gasteiger partial charge in [0.15, 0.2) is 0 Å². The van der Waals surface area contributed by atoms with Gasteiger partial charge in [-0.3, -0.25) is 0 Å². The van der Waals surface area contributed by atoms with Gasteiger partial charge in [-0.15, -0.1) is 0 Å². The number of rotatable bonds is 3. The van der Waals surface area contributed by atoms with Crippen molar-refractivity contribution in [1.82, 2.24) is 0 Å². The van der Waals surface area contributed by atoms with Gasteiger partial charge in [-0.05, 0) is 18.9 Å². The lowest BCUT2D eigenvalue weighted by atomic mass is 10.2. The van der Waals surface area contributed by atoms with Gasteiger partial charge in [0.05, 0.1) is 0 Å². The fourth-order valence-electron chi connectivity index (χ4n) is 1.48. The predicted octanol–water partition coefficient (Wildman–Crippen LogP) is 3.31. The van der Waals surface area contributed by atoms with Crippen LogP contribution < -0.4 is 0 Å². The van der Waals surface area contributed by atoms with Crippen LogP contribution in [0.25, 0.3) is 0 Å². The van der Waals surface area contributed by atoms with Crippen LogP contribution in [0.1, 0.15) is 33.6 Å². The fraction of sp³-hybridized carbons (Fsp3) is 0.600. The van der Waals surface area contributed by atoms with Crippen LogP contribution in [0.4, 0.5) is 0 Å². The summed E-state index contributed by atoms with van der Waals surface area (Å²) in [5.74, 6) is 0.802. The second-order valence-electron chi connectivity index (χ2n) is 2.95. The van der Waals surface area contributed by atoms with E-state index in [9.17, 15) is 0 Å². The summed E-state index contributed by atoms with van der Waals surface area (Å²) in [6.07, 6.45) is 6.98. The summed E-state index contributed by atoms with van der Waals surface area (Å²) < 4.78 is 0. The zero-order valence-corrected chi connectivity index (χ0v) is 7.15. The maximum absolute atomic E-state index is 2.29. The Bertz CT molecular complexity index is 172. The molecule has 10 heavy (non-hydrogen) atoms. The largest absolute Gasteiger partial charge is 0.0874 e. The van der Waals surface area contributed by atoms with Gasteiger partial charge in [-0.25, -0.2) is 0 Å². The number of allylic oxidation sites excluding steroid dienone is 4. The molecule has 0 aromatic heterocycles. The van der Waals surface area contributed by atoms with Gasteiger partial charge in [0.25, 0.3) is 0 Å². The Hall–Kier alpha value is -0.520. The molecule has 0 aromatic rings. The highest BCUT2D eigenvalue weighted by molar-refractivity contribution is 5.47. The number of hydrogen-bond acceptors (Lipinski definition) is 0. The first kappa shape index (κ1) is 7.59. The van der Waals surface area contributed by atoms with E-state index < -0.39 is 0 Å². The van der Waals surface area contributed by atoms with Gasteiger partial charge in [-0.1, -0.05) is 38.0 Å². The van der Waals surface area contributed by atoms with Crippen LogP contribution in [0.3, 0.4) is 0 Å². The second kappa shape index (κ2) is 3.05. The molecule has 0 aliphatic heterocycles. The lowest BCUT2D eigenvalue weighted by Crippen LogP contribution is -1.70. The first-order valence-corrected chi connectivity index (χ1v) is 4.16. The minimum Gasteiger partial charge on any atom is -0.0874 e. The normalized spacial score (nSPS) is 24.5. The smallest absolute Gasteiger partial charge is 0.00255 e. The van der Waals surface area contributed by atoms with Crippen LogP contribution in [-0.2, 0) is 0 Å². The summed E-state index contributed by atoms with van der Waals surface area (Å²) in [4.78, 5) is 0. The van der Waals surface area contributed by atoms with Crippen molar-refractivity contribution in [3.8, 4) is 0 Å². The first-order valence-electron chi connectivity index (χ1n) is 4.16. The van der Waals surface area contributed by atoms with Gasteiger partial charge in [0.2, 0.25) is 0 Å². The summed E-state index contributed by atoms with van der Waals surface area (Å²) in [5, 5.41) is 0. The quantitative estimate of drug-likeness (QED) is 0.558. The van der Waals surface area contributed by atoms with Crippen LogP contribution in [-0.4, -0.2) is 0 Å². The van der Waals surface area contributed by atoms with Crippen LogP contribution in [0.2, 0.25) is 0 Å². The van der Waals surface area contributed by atoms with Crippen LogP contribution in [0.5, 0.6) is 0 Å². The van der Waals surface area contributed by atoms with Gasteiger partial charge in [0.1, 0.15) is 0 Å². The molecule has 0 saturated carbocycles. The minimum absolute atomic E-state index is 0.802. The molecular formula is C10H16. The fourth-order valence-corrected chi connectivity index (χ4v) is 1.48. The third kappa shape index (κ3) is 1.31. The first-order chi connectivity index (χ1) is 4.81. The Labute approximate surface area is 63.6 Å². The molecule has 0 radical (unpaired) electrons. The van der Waals surface area contributed by atoms with Gasteiger partial charge < -0.3 is 0 Å². The molecule has 56 valence electrons. The van der Waals surface area contributed by atoms with E-state index in [-0.39, 0.29) is 0 Å². The molecule has 1 aliphatic rings. The van der Waals surface area contributed by atoms with Crippen LogP contribution >= 0.6 is 0 Å². The molecule has 0 heteroatoms. The van der Waals surface area contributed by atoms with Crippen molar-refractivity contribution in [2.75, 3.05) is 0 Å². The zero-order valence-electron chi connectivity index (χ0n) is 7.15. The molecule has 0 heterocycles. The van der Waals surface area contributed by atoms with Gasteiger partial charge in [-0.2, -0.15) is 0 Å². The molecule has 0 fully saturated rings. The highest BCUT2D eigenvalue weighted by atomic mass is 14.3. The minimum atomic E-state index is 0.802. The molecule has 0 spiro atoms. The van der Waals surface area contributed by atoms with E-state index >= 15 is 0 Å². The Morgan fingerprint density at radius 2 is 2.20 bits per heavy atom. The Morgan fingerprint density at radius 1 is 1.50 bits per heavy atom. The number of hydrogen-bond donors (Lipinski definition) is 0. The maximum atomic E-state index is 2.29. The van der Waals surface area contributed by atoms with Crippen molar-refractivity contribution >= 4 is 0 Å². The lowest BCUT2D eigenvalue weighted by molar-refractivity contribution is 0.866. The van der Waals surface area contributed by atoms with E-state index in [0.29, 0.717) is 0 Å². The molecule has 0 amide bonds. The summed E-state index contributed by atoms with van der Waals surface area (Å²) in [6.45, 7) is 6.62. The molecule has 0 bridgehead atoms. The highest BCUT2D eigenvalue weighted by Gasteiger charge is 2.27. The summed E-state index contributed by atoms with van der Waals surface area (Å²) in [7, 11) is 0. The van der Waals surface area contributed by atoms with Crippen molar-refractivity contribution in [1.29, 1.82) is 0 Å². The summed E-state index contributed by atoms with van der Waals surface area (Å²) in [6, 6.07) is 0. The Kier molecular flexibility index (Phi) is 2.31.